The summed E-state index contributed by atoms with van der Waals surface area (Å²) < 4.78 is 0. The maximum atomic E-state index is 11.6. The van der Waals surface area contributed by atoms with E-state index in [0.717, 1.165) is 12.8 Å². The van der Waals surface area contributed by atoms with E-state index < -0.39 is 12.0 Å². The summed E-state index contributed by atoms with van der Waals surface area (Å²) in [5, 5.41) is 11.6. The molecule has 0 saturated carbocycles. The molecule has 2 N–H and O–H groups in total. The van der Waals surface area contributed by atoms with Gasteiger partial charge in [-0.05, 0) is 19.8 Å². The summed E-state index contributed by atoms with van der Waals surface area (Å²) >= 11 is 0. The highest BCUT2D eigenvalue weighted by molar-refractivity contribution is 5.84. The van der Waals surface area contributed by atoms with E-state index in [2.05, 4.69) is 5.32 Å². The molecule has 0 radical (unpaired) electrons. The minimum Gasteiger partial charge on any atom is -0.480 e. The van der Waals surface area contributed by atoms with Gasteiger partial charge >= 0.3 is 5.97 Å². The average molecular weight is 215 g/mol. The number of carbonyl (C=O) groups excluding carboxylic acids is 1. The van der Waals surface area contributed by atoms with Gasteiger partial charge in [0.25, 0.3) is 0 Å². The minimum absolute atomic E-state index is 0.118. The van der Waals surface area contributed by atoms with Crippen LogP contribution in [0.15, 0.2) is 0 Å². The van der Waals surface area contributed by atoms with Crippen molar-refractivity contribution in [3.8, 4) is 0 Å². The van der Waals surface area contributed by atoms with Crippen LogP contribution in [-0.4, -0.2) is 28.9 Å². The number of rotatable bonds is 8. The zero-order valence-corrected chi connectivity index (χ0v) is 9.75. The fourth-order valence-corrected chi connectivity index (χ4v) is 1.42. The lowest BCUT2D eigenvalue weighted by Crippen LogP contribution is -2.45. The Morgan fingerprint density at radius 3 is 2.27 bits per heavy atom. The summed E-state index contributed by atoms with van der Waals surface area (Å²) in [6.07, 6.45) is 2.90. The van der Waals surface area contributed by atoms with Crippen molar-refractivity contribution in [1.82, 2.24) is 5.32 Å². The van der Waals surface area contributed by atoms with Gasteiger partial charge in [0.15, 0.2) is 0 Å². The molecule has 2 atom stereocenters. The summed E-state index contributed by atoms with van der Waals surface area (Å²) in [4.78, 5) is 22.3. The molecular formula is C11H21NO3. The van der Waals surface area contributed by atoms with Crippen LogP contribution in [0.1, 0.15) is 46.5 Å². The summed E-state index contributed by atoms with van der Waals surface area (Å²) in [7, 11) is 0. The Kier molecular flexibility index (Phi) is 6.96. The van der Waals surface area contributed by atoms with Crippen LogP contribution >= 0.6 is 0 Å². The molecule has 0 aliphatic carbocycles. The normalized spacial score (nSPS) is 14.6. The van der Waals surface area contributed by atoms with E-state index in [-0.39, 0.29) is 11.8 Å². The Morgan fingerprint density at radius 1 is 1.27 bits per heavy atom. The summed E-state index contributed by atoms with van der Waals surface area (Å²) in [6, 6.07) is -0.969. The van der Waals surface area contributed by atoms with E-state index in [1.807, 2.05) is 13.8 Å². The van der Waals surface area contributed by atoms with Crippen LogP contribution in [0, 0.1) is 0 Å². The van der Waals surface area contributed by atoms with Gasteiger partial charge < -0.3 is 5.11 Å². The lowest BCUT2D eigenvalue weighted by molar-refractivity contribution is -0.139. The number of carbonyl (C=O) groups is 2. The topological polar surface area (TPSA) is 66.4 Å². The van der Waals surface area contributed by atoms with Crippen molar-refractivity contribution < 1.29 is 14.7 Å². The molecule has 0 heterocycles. The molecule has 0 aromatic carbocycles. The molecule has 0 saturated heterocycles. The first-order valence-corrected chi connectivity index (χ1v) is 5.54. The van der Waals surface area contributed by atoms with Crippen molar-refractivity contribution in [3.05, 3.63) is 0 Å². The van der Waals surface area contributed by atoms with Gasteiger partial charge in [-0.3, -0.25) is 14.9 Å². The molecule has 4 nitrogen and oxygen atoms in total. The van der Waals surface area contributed by atoms with E-state index in [1.54, 1.807) is 6.92 Å². The zero-order valence-electron chi connectivity index (χ0n) is 9.75. The second-order valence-corrected chi connectivity index (χ2v) is 3.78. The number of nitrogens with one attached hydrogen (secondary N) is 1. The average Bonchev–Trinajstić information content (AvgIpc) is 2.17. The van der Waals surface area contributed by atoms with Gasteiger partial charge in [0.05, 0.1) is 6.04 Å². The SMILES string of the molecule is CCCC(=O)[C@H](CCC)N[C@@H](C)C(=O)O. The number of hydrogen-bond donors (Lipinski definition) is 2. The molecule has 15 heavy (non-hydrogen) atoms. The second-order valence-electron chi connectivity index (χ2n) is 3.78. The first kappa shape index (κ1) is 14.1. The lowest BCUT2D eigenvalue weighted by Gasteiger charge is -2.19. The van der Waals surface area contributed by atoms with Gasteiger partial charge in [-0.15, -0.1) is 0 Å². The first-order chi connectivity index (χ1) is 7.02. The van der Waals surface area contributed by atoms with Crippen molar-refractivity contribution in [2.24, 2.45) is 0 Å². The smallest absolute Gasteiger partial charge is 0.320 e. The molecular weight excluding hydrogens is 194 g/mol. The second kappa shape index (κ2) is 7.40. The van der Waals surface area contributed by atoms with Gasteiger partial charge in [0, 0.05) is 6.42 Å². The van der Waals surface area contributed by atoms with Crippen molar-refractivity contribution >= 4 is 11.8 Å². The highest BCUT2D eigenvalue weighted by Gasteiger charge is 2.21. The molecule has 88 valence electrons. The van der Waals surface area contributed by atoms with Crippen molar-refractivity contribution in [2.75, 3.05) is 0 Å². The number of Topliss-reactive ketones (excluding diaryl/α,β-unsaturated/α-hetero) is 1. The molecule has 0 aromatic rings. The molecule has 0 aliphatic heterocycles. The predicted molar refractivity (Wildman–Crippen MR) is 58.8 cm³/mol. The third kappa shape index (κ3) is 5.52. The zero-order chi connectivity index (χ0) is 11.8. The standard InChI is InChI=1S/C11H21NO3/c1-4-6-9(10(13)7-5-2)12-8(3)11(14)15/h8-9,12H,4-7H2,1-3H3,(H,14,15)/t8-,9-/m0/s1. The Bertz CT molecular complexity index is 216. The van der Waals surface area contributed by atoms with Crippen LogP contribution in [0.3, 0.4) is 0 Å². The molecule has 0 spiro atoms. The molecule has 0 unspecified atom stereocenters. The number of hydrogen-bond acceptors (Lipinski definition) is 3. The van der Waals surface area contributed by atoms with Crippen LogP contribution in [0.2, 0.25) is 0 Å². The largest absolute Gasteiger partial charge is 0.480 e. The van der Waals surface area contributed by atoms with Gasteiger partial charge in [0.2, 0.25) is 0 Å². The van der Waals surface area contributed by atoms with Crippen molar-refractivity contribution in [1.29, 1.82) is 0 Å². The summed E-state index contributed by atoms with van der Waals surface area (Å²) in [6.45, 7) is 5.49. The lowest BCUT2D eigenvalue weighted by atomic mass is 10.0. The molecule has 0 amide bonds. The van der Waals surface area contributed by atoms with Crippen LogP contribution in [0.5, 0.6) is 0 Å². The van der Waals surface area contributed by atoms with Crippen molar-refractivity contribution in [2.45, 2.75) is 58.5 Å². The molecule has 0 bridgehead atoms. The quantitative estimate of drug-likeness (QED) is 0.645. The van der Waals surface area contributed by atoms with E-state index in [1.165, 1.54) is 0 Å². The number of aliphatic carboxylic acids is 1. The van der Waals surface area contributed by atoms with E-state index in [4.69, 9.17) is 5.11 Å². The van der Waals surface area contributed by atoms with E-state index >= 15 is 0 Å². The Morgan fingerprint density at radius 2 is 1.87 bits per heavy atom. The summed E-state index contributed by atoms with van der Waals surface area (Å²) in [5.74, 6) is -0.798. The van der Waals surface area contributed by atoms with Gasteiger partial charge in [0.1, 0.15) is 11.8 Å². The third-order valence-electron chi connectivity index (χ3n) is 2.28. The van der Waals surface area contributed by atoms with Crippen LogP contribution in [0.25, 0.3) is 0 Å². The highest BCUT2D eigenvalue weighted by Crippen LogP contribution is 2.04. The molecule has 0 aliphatic rings. The molecule has 0 aromatic heterocycles. The molecule has 0 rings (SSSR count). The molecule has 4 heteroatoms. The predicted octanol–water partition coefficient (Wildman–Crippen LogP) is 1.59. The Labute approximate surface area is 91.1 Å². The Hall–Kier alpha value is -0.900. The maximum absolute atomic E-state index is 11.6. The highest BCUT2D eigenvalue weighted by atomic mass is 16.4. The Balaban J connectivity index is 4.25. The fraction of sp³-hybridized carbons (Fsp3) is 0.818. The van der Waals surface area contributed by atoms with E-state index in [0.29, 0.717) is 12.8 Å². The summed E-state index contributed by atoms with van der Waals surface area (Å²) in [5.41, 5.74) is 0. The molecule has 0 fully saturated rings. The maximum Gasteiger partial charge on any atom is 0.320 e. The third-order valence-corrected chi connectivity index (χ3v) is 2.28. The van der Waals surface area contributed by atoms with Crippen LogP contribution < -0.4 is 5.32 Å². The number of carboxylic acids is 1. The van der Waals surface area contributed by atoms with Gasteiger partial charge in [-0.25, -0.2) is 0 Å². The van der Waals surface area contributed by atoms with Crippen molar-refractivity contribution in [3.63, 3.8) is 0 Å². The fourth-order valence-electron chi connectivity index (χ4n) is 1.42. The monoisotopic (exact) mass is 215 g/mol. The van der Waals surface area contributed by atoms with Crippen LogP contribution in [-0.2, 0) is 9.59 Å². The van der Waals surface area contributed by atoms with E-state index in [9.17, 15) is 9.59 Å². The number of ketones is 1. The first-order valence-electron chi connectivity index (χ1n) is 5.54. The minimum atomic E-state index is -0.916. The van der Waals surface area contributed by atoms with Gasteiger partial charge in [-0.1, -0.05) is 20.3 Å². The van der Waals surface area contributed by atoms with Crippen LogP contribution in [0.4, 0.5) is 0 Å². The van der Waals surface area contributed by atoms with Gasteiger partial charge in [-0.2, -0.15) is 0 Å². The number of carboxylic acid groups (broad SMARTS) is 1.